The van der Waals surface area contributed by atoms with Gasteiger partial charge < -0.3 is 19.4 Å². The Morgan fingerprint density at radius 2 is 1.81 bits per heavy atom. The van der Waals surface area contributed by atoms with E-state index in [1.54, 1.807) is 19.4 Å². The van der Waals surface area contributed by atoms with Crippen molar-refractivity contribution < 1.29 is 13.9 Å². The van der Waals surface area contributed by atoms with Crippen molar-refractivity contribution in [3.63, 3.8) is 0 Å². The lowest BCUT2D eigenvalue weighted by molar-refractivity contribution is -0.120. The number of hydrogen-bond donors (Lipinski definition) is 1. The summed E-state index contributed by atoms with van der Waals surface area (Å²) in [5.41, 5.74) is 2.10. The molecular weight excluding hydrogens is 328 g/mol. The summed E-state index contributed by atoms with van der Waals surface area (Å²) in [6.07, 6.45) is 1.60. The molecule has 0 aliphatic carbocycles. The molecule has 0 aliphatic rings. The molecule has 0 radical (unpaired) electrons. The maximum absolute atomic E-state index is 12.4. The molecule has 1 N–H and O–H groups in total. The first-order valence-corrected chi connectivity index (χ1v) is 8.46. The summed E-state index contributed by atoms with van der Waals surface area (Å²) in [6.45, 7) is 1.27. The van der Waals surface area contributed by atoms with Crippen molar-refractivity contribution in [2.45, 2.75) is 13.1 Å². The van der Waals surface area contributed by atoms with Crippen molar-refractivity contribution in [3.8, 4) is 5.75 Å². The molecule has 26 heavy (non-hydrogen) atoms. The molecule has 5 nitrogen and oxygen atoms in total. The summed E-state index contributed by atoms with van der Waals surface area (Å²) in [4.78, 5) is 14.5. The molecule has 0 saturated carbocycles. The summed E-state index contributed by atoms with van der Waals surface area (Å²) in [5.74, 6) is 1.46. The van der Waals surface area contributed by atoms with Crippen LogP contribution in [0.2, 0.25) is 0 Å². The van der Waals surface area contributed by atoms with Gasteiger partial charge in [0.05, 0.1) is 26.5 Å². The Hall–Kier alpha value is -3.21. The van der Waals surface area contributed by atoms with Gasteiger partial charge in [0.2, 0.25) is 5.91 Å². The van der Waals surface area contributed by atoms with Gasteiger partial charge in [-0.3, -0.25) is 4.79 Å². The minimum Gasteiger partial charge on any atom is -0.497 e. The van der Waals surface area contributed by atoms with E-state index in [0.29, 0.717) is 13.1 Å². The monoisotopic (exact) mass is 350 g/mol. The van der Waals surface area contributed by atoms with Gasteiger partial charge in [-0.2, -0.15) is 0 Å². The SMILES string of the molecule is COc1ccc(N(CC(=O)NCc2ccco2)Cc2ccccc2)cc1. The number of anilines is 1. The van der Waals surface area contributed by atoms with E-state index in [4.69, 9.17) is 9.15 Å². The molecule has 3 rings (SSSR count). The largest absolute Gasteiger partial charge is 0.497 e. The van der Waals surface area contributed by atoms with Crippen molar-refractivity contribution in [1.82, 2.24) is 5.32 Å². The second-order valence-electron chi connectivity index (χ2n) is 5.90. The molecule has 1 aromatic heterocycles. The highest BCUT2D eigenvalue weighted by Crippen LogP contribution is 2.21. The standard InChI is InChI=1S/C21H22N2O3/c1-25-19-11-9-18(10-12-19)23(15-17-6-3-2-4-7-17)16-21(24)22-14-20-8-5-13-26-20/h2-13H,14-16H2,1H3,(H,22,24). The van der Waals surface area contributed by atoms with Gasteiger partial charge in [-0.15, -0.1) is 0 Å². The fraction of sp³-hybridized carbons (Fsp3) is 0.190. The number of hydrogen-bond acceptors (Lipinski definition) is 4. The minimum absolute atomic E-state index is 0.0619. The Bertz CT molecular complexity index is 799. The van der Waals surface area contributed by atoms with Gasteiger partial charge in [0.1, 0.15) is 11.5 Å². The average Bonchev–Trinajstić information content (AvgIpc) is 3.20. The first-order chi connectivity index (χ1) is 12.7. The molecule has 0 atom stereocenters. The fourth-order valence-corrected chi connectivity index (χ4v) is 2.66. The summed E-state index contributed by atoms with van der Waals surface area (Å²) in [5, 5.41) is 2.89. The topological polar surface area (TPSA) is 54.7 Å². The number of rotatable bonds is 8. The molecule has 0 saturated heterocycles. The zero-order valence-electron chi connectivity index (χ0n) is 14.7. The molecule has 1 heterocycles. The maximum Gasteiger partial charge on any atom is 0.239 e. The molecule has 0 aliphatic heterocycles. The number of nitrogens with zero attached hydrogens (tertiary/aromatic N) is 1. The lowest BCUT2D eigenvalue weighted by Gasteiger charge is -2.24. The van der Waals surface area contributed by atoms with E-state index >= 15 is 0 Å². The summed E-state index contributed by atoms with van der Waals surface area (Å²) in [6, 6.07) is 21.4. The molecule has 0 fully saturated rings. The zero-order valence-corrected chi connectivity index (χ0v) is 14.7. The number of amides is 1. The lowest BCUT2D eigenvalue weighted by atomic mass is 10.2. The maximum atomic E-state index is 12.4. The number of carbonyl (C=O) groups is 1. The Kier molecular flexibility index (Phi) is 5.93. The summed E-state index contributed by atoms with van der Waals surface area (Å²) < 4.78 is 10.5. The third-order valence-corrected chi connectivity index (χ3v) is 4.03. The molecule has 0 spiro atoms. The molecule has 3 aromatic rings. The van der Waals surface area contributed by atoms with Crippen LogP contribution in [0, 0.1) is 0 Å². The van der Waals surface area contributed by atoms with E-state index < -0.39 is 0 Å². The zero-order chi connectivity index (χ0) is 18.2. The van der Waals surface area contributed by atoms with Crippen LogP contribution in [0.25, 0.3) is 0 Å². The Balaban J connectivity index is 1.69. The normalized spacial score (nSPS) is 10.3. The molecule has 0 bridgehead atoms. The van der Waals surface area contributed by atoms with Crippen molar-refractivity contribution in [3.05, 3.63) is 84.3 Å². The highest BCUT2D eigenvalue weighted by Gasteiger charge is 2.13. The van der Waals surface area contributed by atoms with Gasteiger partial charge in [0.25, 0.3) is 0 Å². The first-order valence-electron chi connectivity index (χ1n) is 8.46. The quantitative estimate of drug-likeness (QED) is 0.674. The third-order valence-electron chi connectivity index (χ3n) is 4.03. The van der Waals surface area contributed by atoms with Gasteiger partial charge in [0.15, 0.2) is 0 Å². The van der Waals surface area contributed by atoms with E-state index in [9.17, 15) is 4.79 Å². The predicted molar refractivity (Wildman–Crippen MR) is 101 cm³/mol. The molecule has 2 aromatic carbocycles. The Labute approximate surface area is 153 Å². The van der Waals surface area contributed by atoms with Crippen LogP contribution < -0.4 is 15.0 Å². The van der Waals surface area contributed by atoms with Crippen LogP contribution in [-0.2, 0) is 17.9 Å². The Morgan fingerprint density at radius 1 is 1.04 bits per heavy atom. The van der Waals surface area contributed by atoms with Crippen molar-refractivity contribution in [1.29, 1.82) is 0 Å². The molecular formula is C21H22N2O3. The number of nitrogens with one attached hydrogen (secondary N) is 1. The smallest absolute Gasteiger partial charge is 0.239 e. The molecule has 1 amide bonds. The summed E-state index contributed by atoms with van der Waals surface area (Å²) in [7, 11) is 1.64. The van der Waals surface area contributed by atoms with Gasteiger partial charge >= 0.3 is 0 Å². The van der Waals surface area contributed by atoms with E-state index in [1.165, 1.54) is 0 Å². The van der Waals surface area contributed by atoms with Gasteiger partial charge in [0, 0.05) is 12.2 Å². The predicted octanol–water partition coefficient (Wildman–Crippen LogP) is 3.61. The van der Waals surface area contributed by atoms with Crippen LogP contribution in [0.4, 0.5) is 5.69 Å². The van der Waals surface area contributed by atoms with E-state index in [1.807, 2.05) is 53.4 Å². The molecule has 0 unspecified atom stereocenters. The van der Waals surface area contributed by atoms with E-state index in [0.717, 1.165) is 22.8 Å². The second kappa shape index (κ2) is 8.76. The number of methoxy groups -OCH3 is 1. The highest BCUT2D eigenvalue weighted by atomic mass is 16.5. The van der Waals surface area contributed by atoms with Crippen molar-refractivity contribution in [2.24, 2.45) is 0 Å². The van der Waals surface area contributed by atoms with Gasteiger partial charge in [-0.05, 0) is 42.0 Å². The van der Waals surface area contributed by atoms with Crippen LogP contribution in [0.5, 0.6) is 5.75 Å². The van der Waals surface area contributed by atoms with Crippen LogP contribution in [-0.4, -0.2) is 19.6 Å². The van der Waals surface area contributed by atoms with Crippen LogP contribution in [0.15, 0.2) is 77.4 Å². The number of furan rings is 1. The minimum atomic E-state index is -0.0619. The van der Waals surface area contributed by atoms with Gasteiger partial charge in [-0.25, -0.2) is 0 Å². The second-order valence-corrected chi connectivity index (χ2v) is 5.90. The van der Waals surface area contributed by atoms with Crippen LogP contribution in [0.1, 0.15) is 11.3 Å². The van der Waals surface area contributed by atoms with Gasteiger partial charge in [-0.1, -0.05) is 30.3 Å². The molecule has 134 valence electrons. The average molecular weight is 350 g/mol. The van der Waals surface area contributed by atoms with E-state index in [2.05, 4.69) is 17.4 Å². The van der Waals surface area contributed by atoms with E-state index in [-0.39, 0.29) is 12.5 Å². The number of ether oxygens (including phenoxy) is 1. The number of carbonyl (C=O) groups excluding carboxylic acids is 1. The van der Waals surface area contributed by atoms with Crippen LogP contribution in [0.3, 0.4) is 0 Å². The summed E-state index contributed by atoms with van der Waals surface area (Å²) >= 11 is 0. The highest BCUT2D eigenvalue weighted by molar-refractivity contribution is 5.81. The van der Waals surface area contributed by atoms with Crippen LogP contribution >= 0.6 is 0 Å². The van der Waals surface area contributed by atoms with Crippen molar-refractivity contribution >= 4 is 11.6 Å². The Morgan fingerprint density at radius 3 is 2.46 bits per heavy atom. The number of benzene rings is 2. The third kappa shape index (κ3) is 4.89. The fourth-order valence-electron chi connectivity index (χ4n) is 2.66. The molecule has 5 heteroatoms. The first kappa shape index (κ1) is 17.6. The van der Waals surface area contributed by atoms with Crippen molar-refractivity contribution in [2.75, 3.05) is 18.6 Å². The lowest BCUT2D eigenvalue weighted by Crippen LogP contribution is -2.36.